The summed E-state index contributed by atoms with van der Waals surface area (Å²) in [6, 6.07) is 3.10. The lowest BCUT2D eigenvalue weighted by molar-refractivity contribution is -0.145. The van der Waals surface area contributed by atoms with Crippen molar-refractivity contribution in [3.63, 3.8) is 0 Å². The first-order chi connectivity index (χ1) is 11.4. The molecule has 2 rings (SSSR count). The van der Waals surface area contributed by atoms with E-state index in [0.29, 0.717) is 9.88 Å². The van der Waals surface area contributed by atoms with E-state index in [1.54, 1.807) is 19.1 Å². The van der Waals surface area contributed by atoms with Crippen LogP contribution in [0.25, 0.3) is 0 Å². The molecular formula is C14H12Cl2N2O4S2. The van der Waals surface area contributed by atoms with E-state index >= 15 is 0 Å². The number of hydrazone groups is 1. The molecule has 1 amide bonds. The van der Waals surface area contributed by atoms with Crippen LogP contribution in [0.15, 0.2) is 17.2 Å². The van der Waals surface area contributed by atoms with Crippen molar-refractivity contribution in [2.75, 3.05) is 19.0 Å². The Hall–Kier alpha value is -1.35. The zero-order valence-electron chi connectivity index (χ0n) is 12.5. The van der Waals surface area contributed by atoms with Crippen LogP contribution in [0.3, 0.4) is 0 Å². The van der Waals surface area contributed by atoms with Crippen molar-refractivity contribution in [1.82, 2.24) is 5.01 Å². The van der Waals surface area contributed by atoms with Crippen LogP contribution in [0.1, 0.15) is 12.5 Å². The SMILES string of the molecule is CCOC(=O)COc1c(Cl)cc(/C=N\N2C(=O)CSC2=S)cc1Cl. The van der Waals surface area contributed by atoms with Gasteiger partial charge in [-0.15, -0.1) is 0 Å². The van der Waals surface area contributed by atoms with E-state index in [1.807, 2.05) is 0 Å². The third-order valence-corrected chi connectivity index (χ3v) is 4.61. The van der Waals surface area contributed by atoms with Gasteiger partial charge in [0.2, 0.25) is 0 Å². The van der Waals surface area contributed by atoms with Gasteiger partial charge in [0.1, 0.15) is 0 Å². The topological polar surface area (TPSA) is 68.2 Å². The van der Waals surface area contributed by atoms with Crippen LogP contribution in [-0.4, -0.2) is 46.4 Å². The van der Waals surface area contributed by atoms with E-state index < -0.39 is 5.97 Å². The van der Waals surface area contributed by atoms with Gasteiger partial charge in [-0.1, -0.05) is 47.2 Å². The highest BCUT2D eigenvalue weighted by Gasteiger charge is 2.26. The van der Waals surface area contributed by atoms with Crippen LogP contribution in [0.5, 0.6) is 5.75 Å². The predicted molar refractivity (Wildman–Crippen MR) is 98.1 cm³/mol. The summed E-state index contributed by atoms with van der Waals surface area (Å²) < 4.78 is 10.4. The van der Waals surface area contributed by atoms with Crippen LogP contribution >= 0.6 is 47.2 Å². The molecule has 0 N–H and O–H groups in total. The standard InChI is InChI=1S/C14H12Cl2N2O4S2/c1-2-21-12(20)6-22-13-9(15)3-8(4-10(13)16)5-17-18-11(19)7-24-14(18)23/h3-5H,2,6-7H2,1H3/b17-5-. The first-order valence-corrected chi connectivity index (χ1v) is 8.88. The largest absolute Gasteiger partial charge is 0.479 e. The average Bonchev–Trinajstić information content (AvgIpc) is 2.83. The molecule has 1 aromatic rings. The van der Waals surface area contributed by atoms with Crippen LogP contribution < -0.4 is 4.74 Å². The number of benzene rings is 1. The highest BCUT2D eigenvalue weighted by atomic mass is 35.5. The highest BCUT2D eigenvalue weighted by molar-refractivity contribution is 8.23. The Labute approximate surface area is 158 Å². The van der Waals surface area contributed by atoms with Gasteiger partial charge in [0, 0.05) is 0 Å². The number of amides is 1. The van der Waals surface area contributed by atoms with Crippen LogP contribution in [0.4, 0.5) is 0 Å². The maximum Gasteiger partial charge on any atom is 0.344 e. The predicted octanol–water partition coefficient (Wildman–Crippen LogP) is 3.13. The van der Waals surface area contributed by atoms with Crippen molar-refractivity contribution in [2.24, 2.45) is 5.10 Å². The van der Waals surface area contributed by atoms with Crippen molar-refractivity contribution in [2.45, 2.75) is 6.92 Å². The van der Waals surface area contributed by atoms with Gasteiger partial charge in [-0.05, 0) is 24.6 Å². The summed E-state index contributed by atoms with van der Waals surface area (Å²) in [6.07, 6.45) is 1.42. The maximum atomic E-state index is 11.6. The minimum atomic E-state index is -0.520. The van der Waals surface area contributed by atoms with Gasteiger partial charge < -0.3 is 9.47 Å². The maximum absolute atomic E-state index is 11.6. The third kappa shape index (κ3) is 4.83. The van der Waals surface area contributed by atoms with Crippen LogP contribution in [0.2, 0.25) is 10.0 Å². The molecule has 0 atom stereocenters. The Morgan fingerprint density at radius 3 is 2.67 bits per heavy atom. The lowest BCUT2D eigenvalue weighted by Gasteiger charge is -2.11. The molecule has 1 saturated heterocycles. The van der Waals surface area contributed by atoms with Gasteiger partial charge in [0.05, 0.1) is 28.6 Å². The fourth-order valence-corrected chi connectivity index (χ4v) is 3.29. The van der Waals surface area contributed by atoms with Crippen LogP contribution in [0, 0.1) is 0 Å². The fourth-order valence-electron chi connectivity index (χ4n) is 1.71. The molecule has 10 heteroatoms. The van der Waals surface area contributed by atoms with E-state index in [0.717, 1.165) is 5.01 Å². The van der Waals surface area contributed by atoms with Gasteiger partial charge in [-0.3, -0.25) is 4.79 Å². The number of ether oxygens (including phenoxy) is 2. The molecule has 0 aromatic heterocycles. The van der Waals surface area contributed by atoms with Gasteiger partial charge in [-0.2, -0.15) is 10.1 Å². The molecule has 0 aliphatic carbocycles. The second-order valence-electron chi connectivity index (χ2n) is 4.41. The summed E-state index contributed by atoms with van der Waals surface area (Å²) in [5, 5.41) is 5.59. The monoisotopic (exact) mass is 406 g/mol. The number of carbonyl (C=O) groups excluding carboxylic acids is 2. The van der Waals surface area contributed by atoms with Crippen molar-refractivity contribution in [3.05, 3.63) is 27.7 Å². The number of rotatable bonds is 6. The zero-order valence-corrected chi connectivity index (χ0v) is 15.6. The minimum Gasteiger partial charge on any atom is -0.479 e. The van der Waals surface area contributed by atoms with Gasteiger partial charge in [-0.25, -0.2) is 4.79 Å². The van der Waals surface area contributed by atoms with Gasteiger partial charge in [0.25, 0.3) is 5.91 Å². The number of nitrogens with zero attached hydrogens (tertiary/aromatic N) is 2. The van der Waals surface area contributed by atoms with Crippen molar-refractivity contribution in [3.8, 4) is 5.75 Å². The Morgan fingerprint density at radius 2 is 2.12 bits per heavy atom. The van der Waals surface area contributed by atoms with E-state index in [2.05, 4.69) is 5.10 Å². The molecule has 24 heavy (non-hydrogen) atoms. The average molecular weight is 407 g/mol. The first-order valence-electron chi connectivity index (χ1n) is 6.73. The molecule has 0 saturated carbocycles. The molecular weight excluding hydrogens is 395 g/mol. The Kier molecular flexibility index (Phi) is 6.85. The second-order valence-corrected chi connectivity index (χ2v) is 6.84. The van der Waals surface area contributed by atoms with E-state index in [1.165, 1.54) is 18.0 Å². The summed E-state index contributed by atoms with van der Waals surface area (Å²) in [5.41, 5.74) is 0.556. The van der Waals surface area contributed by atoms with E-state index in [9.17, 15) is 9.59 Å². The fraction of sp³-hybridized carbons (Fsp3) is 0.286. The van der Waals surface area contributed by atoms with Crippen molar-refractivity contribution < 1.29 is 19.1 Å². The third-order valence-electron chi connectivity index (χ3n) is 2.71. The first kappa shape index (κ1) is 19.0. The molecule has 128 valence electrons. The van der Waals surface area contributed by atoms with Crippen molar-refractivity contribution in [1.29, 1.82) is 0 Å². The molecule has 1 heterocycles. The molecule has 0 bridgehead atoms. The molecule has 1 aliphatic heterocycles. The molecule has 0 unspecified atom stereocenters. The highest BCUT2D eigenvalue weighted by Crippen LogP contribution is 2.34. The number of hydrogen-bond acceptors (Lipinski definition) is 7. The summed E-state index contributed by atoms with van der Waals surface area (Å²) >= 11 is 18.5. The quantitative estimate of drug-likeness (QED) is 0.410. The lowest BCUT2D eigenvalue weighted by atomic mass is 10.2. The van der Waals surface area contributed by atoms with Gasteiger partial charge in [0.15, 0.2) is 16.7 Å². The summed E-state index contributed by atoms with van der Waals surface area (Å²) in [7, 11) is 0. The number of thioether (sulfide) groups is 1. The van der Waals surface area contributed by atoms with Gasteiger partial charge >= 0.3 is 5.97 Å². The molecule has 1 fully saturated rings. The number of hydrogen-bond donors (Lipinski definition) is 0. The number of carbonyl (C=O) groups is 2. The minimum absolute atomic E-state index is 0.173. The molecule has 0 spiro atoms. The second kappa shape index (κ2) is 8.66. The number of halogens is 2. The van der Waals surface area contributed by atoms with Crippen molar-refractivity contribution >= 4 is 69.6 Å². The molecule has 1 aromatic carbocycles. The number of thiocarbonyl (C=S) groups is 1. The lowest BCUT2D eigenvalue weighted by Crippen LogP contribution is -2.22. The van der Waals surface area contributed by atoms with E-state index in [-0.39, 0.29) is 40.7 Å². The smallest absolute Gasteiger partial charge is 0.344 e. The summed E-state index contributed by atoms with van der Waals surface area (Å²) in [5.74, 6) is -0.258. The zero-order chi connectivity index (χ0) is 17.7. The molecule has 0 radical (unpaired) electrons. The molecule has 1 aliphatic rings. The van der Waals surface area contributed by atoms with E-state index in [4.69, 9.17) is 44.9 Å². The Balaban J connectivity index is 2.10. The van der Waals surface area contributed by atoms with Crippen LogP contribution in [-0.2, 0) is 14.3 Å². The Morgan fingerprint density at radius 1 is 1.46 bits per heavy atom. The molecule has 6 nitrogen and oxygen atoms in total. The summed E-state index contributed by atoms with van der Waals surface area (Å²) in [4.78, 5) is 22.9. The Bertz CT molecular complexity index is 673. The summed E-state index contributed by atoms with van der Waals surface area (Å²) in [6.45, 7) is 1.66. The number of esters is 1. The normalized spacial score (nSPS) is 14.5.